The molecule has 9 nitrogen and oxygen atoms in total. The van der Waals surface area contributed by atoms with Crippen LogP contribution in [0, 0.1) is 45.3 Å². The lowest BCUT2D eigenvalue weighted by atomic mass is 9.46. The number of esters is 1. The summed E-state index contributed by atoms with van der Waals surface area (Å²) in [5.41, 5.74) is -1.25. The zero-order valence-corrected chi connectivity index (χ0v) is 28.6. The molecular formula is C36H56O9. The van der Waals surface area contributed by atoms with Gasteiger partial charge < -0.3 is 28.8 Å². The molecule has 1 saturated heterocycles. The van der Waals surface area contributed by atoms with Gasteiger partial charge in [0.15, 0.2) is 18.2 Å². The fourth-order valence-electron chi connectivity index (χ4n) is 11.7. The van der Waals surface area contributed by atoms with E-state index in [1.165, 1.54) is 6.92 Å². The number of aldehydes is 2. The van der Waals surface area contributed by atoms with Gasteiger partial charge >= 0.3 is 5.97 Å². The van der Waals surface area contributed by atoms with Crippen LogP contribution in [0.5, 0.6) is 0 Å². The molecular weight excluding hydrogens is 576 g/mol. The molecule has 45 heavy (non-hydrogen) atoms. The zero-order valence-electron chi connectivity index (χ0n) is 28.6. The first-order valence-electron chi connectivity index (χ1n) is 17.4. The third-order valence-corrected chi connectivity index (χ3v) is 13.4. The topological polar surface area (TPSA) is 125 Å². The average Bonchev–Trinajstić information content (AvgIpc) is 3.60. The van der Waals surface area contributed by atoms with E-state index in [0.29, 0.717) is 30.8 Å². The van der Waals surface area contributed by atoms with Gasteiger partial charge in [-0.1, -0.05) is 34.6 Å². The minimum atomic E-state index is -1.29. The van der Waals surface area contributed by atoms with Crippen molar-refractivity contribution in [2.45, 2.75) is 149 Å². The molecule has 12 atom stereocenters. The molecule has 0 amide bonds. The summed E-state index contributed by atoms with van der Waals surface area (Å²) in [6, 6.07) is 0. The number of ether oxygens (including phenoxy) is 4. The van der Waals surface area contributed by atoms with Crippen LogP contribution in [0.25, 0.3) is 0 Å². The molecule has 1 N–H and O–H groups in total. The van der Waals surface area contributed by atoms with Crippen molar-refractivity contribution in [3.8, 4) is 0 Å². The fraction of sp³-hybridized carbons (Fsp3) is 0.889. The Hall–Kier alpha value is -1.68. The number of rotatable bonds is 9. The van der Waals surface area contributed by atoms with Crippen LogP contribution in [0.3, 0.4) is 0 Å². The molecule has 8 unspecified atom stereocenters. The maximum absolute atomic E-state index is 14.4. The second-order valence-corrected chi connectivity index (χ2v) is 16.1. The lowest BCUT2D eigenvalue weighted by Gasteiger charge is -2.59. The van der Waals surface area contributed by atoms with Crippen molar-refractivity contribution in [2.24, 2.45) is 45.3 Å². The number of aliphatic hydroxyl groups is 1. The van der Waals surface area contributed by atoms with Crippen molar-refractivity contribution in [1.29, 1.82) is 0 Å². The second kappa shape index (κ2) is 12.1. The molecule has 0 aromatic carbocycles. The van der Waals surface area contributed by atoms with Crippen LogP contribution < -0.4 is 0 Å². The summed E-state index contributed by atoms with van der Waals surface area (Å²) in [7, 11) is 0. The fourth-order valence-corrected chi connectivity index (χ4v) is 11.7. The second-order valence-electron chi connectivity index (χ2n) is 16.1. The van der Waals surface area contributed by atoms with Crippen LogP contribution in [0.4, 0.5) is 0 Å². The lowest BCUT2D eigenvalue weighted by Crippen LogP contribution is -2.56. The summed E-state index contributed by atoms with van der Waals surface area (Å²) in [6.45, 7) is 15.3. The summed E-state index contributed by atoms with van der Waals surface area (Å²) >= 11 is 0. The molecule has 1 aliphatic heterocycles. The molecule has 0 bridgehead atoms. The maximum atomic E-state index is 14.4. The van der Waals surface area contributed by atoms with Gasteiger partial charge in [0.1, 0.15) is 19.0 Å². The summed E-state index contributed by atoms with van der Waals surface area (Å²) < 4.78 is 23.6. The minimum absolute atomic E-state index is 0.0436. The average molecular weight is 633 g/mol. The lowest BCUT2D eigenvalue weighted by molar-refractivity contribution is -0.216. The number of carbonyl (C=O) groups is 4. The Morgan fingerprint density at radius 3 is 2.33 bits per heavy atom. The van der Waals surface area contributed by atoms with Crippen LogP contribution in [-0.4, -0.2) is 72.3 Å². The standard InChI is InChI=1S/C34H50O9.C2H6/c1-19(37)41-29(31(4,5)39)22-9-7-21-28(42-22)27(38)26-20-8-10-23-30(2,3)24(43-25(17-36)40-16-15-35)11-12-34(23)18-33(20,34)14-13-32(21,26)6;1-2/h15,17,20-26,28-29,39H,7-14,16,18H2,1-6H3;1-2H3/t20?,21?,22?,23?,24-,25?,26?,28?,29-,32?,33-,34+;/m0./s1. The highest BCUT2D eigenvalue weighted by Gasteiger charge is 2.82. The Morgan fingerprint density at radius 2 is 1.71 bits per heavy atom. The van der Waals surface area contributed by atoms with Crippen molar-refractivity contribution < 1.29 is 43.2 Å². The van der Waals surface area contributed by atoms with Crippen molar-refractivity contribution >= 4 is 24.3 Å². The monoisotopic (exact) mass is 632 g/mol. The molecule has 0 radical (unpaired) electrons. The Bertz CT molecular complexity index is 1160. The van der Waals surface area contributed by atoms with Crippen molar-refractivity contribution in [3.63, 3.8) is 0 Å². The SMILES string of the molecule is CC.CC(=O)O[C@@H](C1CCC2C(O1)C(=O)C1C3CCC4C(C)(C)[C@@H](OC(C=O)OCC=O)CC[C@@]45C[C@@]35CCC21C)C(C)(C)O. The van der Waals surface area contributed by atoms with Crippen LogP contribution in [0.2, 0.25) is 0 Å². The first kappa shape index (κ1) is 34.6. The van der Waals surface area contributed by atoms with E-state index in [4.69, 9.17) is 18.9 Å². The molecule has 1 heterocycles. The number of ketones is 1. The first-order chi connectivity index (χ1) is 21.2. The molecule has 5 saturated carbocycles. The van der Waals surface area contributed by atoms with Gasteiger partial charge in [0.2, 0.25) is 6.29 Å². The van der Waals surface area contributed by atoms with Crippen molar-refractivity contribution in [2.75, 3.05) is 6.61 Å². The highest BCUT2D eigenvalue weighted by atomic mass is 16.7. The Morgan fingerprint density at radius 1 is 1.02 bits per heavy atom. The van der Waals surface area contributed by atoms with E-state index in [-0.39, 0.29) is 52.0 Å². The highest BCUT2D eigenvalue weighted by molar-refractivity contribution is 5.90. The Labute approximate surface area is 268 Å². The van der Waals surface area contributed by atoms with Gasteiger partial charge in [-0.15, -0.1) is 0 Å². The van der Waals surface area contributed by atoms with Gasteiger partial charge in [-0.25, -0.2) is 0 Å². The summed E-state index contributed by atoms with van der Waals surface area (Å²) in [5, 5.41) is 10.8. The molecule has 9 heteroatoms. The van der Waals surface area contributed by atoms with Crippen LogP contribution in [0.15, 0.2) is 0 Å². The third-order valence-electron chi connectivity index (χ3n) is 13.4. The van der Waals surface area contributed by atoms with Gasteiger partial charge in [0.25, 0.3) is 0 Å². The van der Waals surface area contributed by atoms with Gasteiger partial charge in [-0.05, 0) is 111 Å². The summed E-state index contributed by atoms with van der Waals surface area (Å²) in [4.78, 5) is 48.7. The number of fused-ring (bicyclic) bond motifs is 4. The van der Waals surface area contributed by atoms with E-state index < -0.39 is 36.2 Å². The normalized spacial score (nSPS) is 43.8. The predicted molar refractivity (Wildman–Crippen MR) is 166 cm³/mol. The summed E-state index contributed by atoms with van der Waals surface area (Å²) in [5.74, 6) is 0.598. The largest absolute Gasteiger partial charge is 0.457 e. The van der Waals surface area contributed by atoms with E-state index in [1.54, 1.807) is 13.8 Å². The molecule has 6 rings (SSSR count). The van der Waals surface area contributed by atoms with Crippen LogP contribution >= 0.6 is 0 Å². The number of Topliss-reactive ketones (excluding diaryl/α,β-unsaturated/α-hetero) is 1. The van der Waals surface area contributed by atoms with Gasteiger partial charge in [0.05, 0.1) is 17.8 Å². The third kappa shape index (κ3) is 5.26. The van der Waals surface area contributed by atoms with E-state index >= 15 is 0 Å². The number of hydrogen-bond acceptors (Lipinski definition) is 9. The van der Waals surface area contributed by atoms with Gasteiger partial charge in [-0.3, -0.25) is 14.4 Å². The van der Waals surface area contributed by atoms with E-state index in [2.05, 4.69) is 20.8 Å². The first-order valence-corrected chi connectivity index (χ1v) is 17.4. The van der Waals surface area contributed by atoms with Crippen LogP contribution in [0.1, 0.15) is 113 Å². The van der Waals surface area contributed by atoms with Gasteiger partial charge in [-0.2, -0.15) is 0 Å². The molecule has 6 fully saturated rings. The van der Waals surface area contributed by atoms with Gasteiger partial charge in [0, 0.05) is 12.8 Å². The van der Waals surface area contributed by atoms with Crippen molar-refractivity contribution in [1.82, 2.24) is 0 Å². The Balaban J connectivity index is 0.00000196. The zero-order chi connectivity index (χ0) is 33.2. The summed E-state index contributed by atoms with van der Waals surface area (Å²) in [6.07, 6.45) is 6.83. The number of hydrogen-bond donors (Lipinski definition) is 1. The predicted octanol–water partition coefficient (Wildman–Crippen LogP) is 5.23. The molecule has 0 aromatic rings. The molecule has 254 valence electrons. The molecule has 5 aliphatic carbocycles. The van der Waals surface area contributed by atoms with Crippen LogP contribution in [-0.2, 0) is 38.1 Å². The molecule has 0 aromatic heterocycles. The maximum Gasteiger partial charge on any atom is 0.303 e. The quantitative estimate of drug-likeness (QED) is 0.207. The van der Waals surface area contributed by atoms with E-state index in [1.807, 2.05) is 13.8 Å². The highest BCUT2D eigenvalue weighted by Crippen LogP contribution is 2.87. The Kier molecular flexibility index (Phi) is 9.31. The number of carbonyl (C=O) groups excluding carboxylic acids is 4. The molecule has 2 spiro atoms. The van der Waals surface area contributed by atoms with Crippen molar-refractivity contribution in [3.05, 3.63) is 0 Å². The molecule has 6 aliphatic rings. The minimum Gasteiger partial charge on any atom is -0.457 e. The van der Waals surface area contributed by atoms with E-state index in [9.17, 15) is 24.3 Å². The smallest absolute Gasteiger partial charge is 0.303 e. The van der Waals surface area contributed by atoms with E-state index in [0.717, 1.165) is 51.4 Å².